The van der Waals surface area contributed by atoms with Gasteiger partial charge in [-0.1, -0.05) is 48.5 Å². The van der Waals surface area contributed by atoms with Gasteiger partial charge in [0.1, 0.15) is 17.0 Å². The number of hydrogen-bond acceptors (Lipinski definition) is 5. The van der Waals surface area contributed by atoms with Crippen LogP contribution in [-0.4, -0.2) is 25.3 Å². The molecule has 5 nitrogen and oxygen atoms in total. The maximum absolute atomic E-state index is 13.7. The molecule has 0 atom stereocenters. The van der Waals surface area contributed by atoms with Crippen LogP contribution in [0, 0.1) is 0 Å². The Labute approximate surface area is 183 Å². The van der Waals surface area contributed by atoms with Crippen LogP contribution >= 0.6 is 11.3 Å². The van der Waals surface area contributed by atoms with E-state index in [0.29, 0.717) is 21.5 Å². The number of aromatic nitrogens is 1. The largest absolute Gasteiger partial charge is 0.495 e. The standard InChI is InChI=1S/C24H17NO4S2/c1-29-20-12-7-9-17-14-19(24(26)22-15-16-8-5-6-13-21(16)30-22)25(23(17)20)31(27,28)18-10-3-2-4-11-18/h2-15H,1H3. The van der Waals surface area contributed by atoms with Crippen molar-refractivity contribution in [2.45, 2.75) is 4.90 Å². The van der Waals surface area contributed by atoms with Crippen LogP contribution in [0.3, 0.4) is 0 Å². The van der Waals surface area contributed by atoms with Crippen LogP contribution in [0.15, 0.2) is 89.8 Å². The highest BCUT2D eigenvalue weighted by Gasteiger charge is 2.29. The Kier molecular flexibility index (Phi) is 4.64. The molecule has 0 aliphatic heterocycles. The number of methoxy groups -OCH3 is 1. The lowest BCUT2D eigenvalue weighted by Gasteiger charge is -2.13. The van der Waals surface area contributed by atoms with Crippen molar-refractivity contribution in [1.82, 2.24) is 3.97 Å². The highest BCUT2D eigenvalue weighted by atomic mass is 32.2. The zero-order valence-corrected chi connectivity index (χ0v) is 18.1. The van der Waals surface area contributed by atoms with E-state index in [-0.39, 0.29) is 16.4 Å². The number of fused-ring (bicyclic) bond motifs is 2. The summed E-state index contributed by atoms with van der Waals surface area (Å²) in [5, 5.41) is 1.56. The molecule has 0 fully saturated rings. The maximum atomic E-state index is 13.7. The summed E-state index contributed by atoms with van der Waals surface area (Å²) >= 11 is 1.35. The molecule has 0 amide bonds. The maximum Gasteiger partial charge on any atom is 0.268 e. The summed E-state index contributed by atoms with van der Waals surface area (Å²) in [4.78, 5) is 14.1. The lowest BCUT2D eigenvalue weighted by molar-refractivity contribution is 0.103. The topological polar surface area (TPSA) is 65.4 Å². The molecule has 0 aliphatic carbocycles. The molecule has 2 aromatic heterocycles. The number of carbonyl (C=O) groups is 1. The Balaban J connectivity index is 1.81. The molecule has 0 saturated heterocycles. The number of nitrogens with zero attached hydrogens (tertiary/aromatic N) is 1. The molecular formula is C24H17NO4S2. The minimum Gasteiger partial charge on any atom is -0.495 e. The Morgan fingerprint density at radius 3 is 2.32 bits per heavy atom. The molecule has 7 heteroatoms. The van der Waals surface area contributed by atoms with Gasteiger partial charge in [0.2, 0.25) is 5.78 Å². The van der Waals surface area contributed by atoms with Gasteiger partial charge in [-0.15, -0.1) is 11.3 Å². The van der Waals surface area contributed by atoms with Gasteiger partial charge in [0.15, 0.2) is 0 Å². The lowest BCUT2D eigenvalue weighted by atomic mass is 10.2. The molecule has 0 bridgehead atoms. The van der Waals surface area contributed by atoms with E-state index in [1.165, 1.54) is 30.6 Å². The second-order valence-corrected chi connectivity index (χ2v) is 9.86. The minimum absolute atomic E-state index is 0.0786. The molecule has 0 aliphatic rings. The molecule has 2 heterocycles. The number of rotatable bonds is 5. The van der Waals surface area contributed by atoms with Crippen LogP contribution in [0.25, 0.3) is 21.0 Å². The fourth-order valence-electron chi connectivity index (χ4n) is 3.69. The van der Waals surface area contributed by atoms with Crippen molar-refractivity contribution in [1.29, 1.82) is 0 Å². The van der Waals surface area contributed by atoms with E-state index in [0.717, 1.165) is 14.1 Å². The van der Waals surface area contributed by atoms with Crippen molar-refractivity contribution in [3.63, 3.8) is 0 Å². The number of ether oxygens (including phenoxy) is 1. The first-order valence-electron chi connectivity index (χ1n) is 9.53. The summed E-state index contributed by atoms with van der Waals surface area (Å²) in [5.41, 5.74) is 0.424. The number of benzene rings is 3. The summed E-state index contributed by atoms with van der Waals surface area (Å²) in [6, 6.07) is 24.4. The Morgan fingerprint density at radius 2 is 1.58 bits per heavy atom. The zero-order chi connectivity index (χ0) is 21.6. The van der Waals surface area contributed by atoms with Crippen LogP contribution < -0.4 is 4.74 Å². The minimum atomic E-state index is -4.05. The molecular weight excluding hydrogens is 430 g/mol. The van der Waals surface area contributed by atoms with E-state index >= 15 is 0 Å². The van der Waals surface area contributed by atoms with Crippen LogP contribution in [0.1, 0.15) is 15.4 Å². The molecule has 31 heavy (non-hydrogen) atoms. The number of thiophene rings is 1. The van der Waals surface area contributed by atoms with Gasteiger partial charge in [-0.25, -0.2) is 12.4 Å². The summed E-state index contributed by atoms with van der Waals surface area (Å²) < 4.78 is 34.9. The number of carbonyl (C=O) groups excluding carboxylic acids is 1. The molecule has 0 N–H and O–H groups in total. The Hall–Kier alpha value is -3.42. The fraction of sp³-hybridized carbons (Fsp3) is 0.0417. The summed E-state index contributed by atoms with van der Waals surface area (Å²) in [7, 11) is -2.57. The van der Waals surface area contributed by atoms with Gasteiger partial charge in [0, 0.05) is 10.1 Å². The third-order valence-corrected chi connectivity index (χ3v) is 7.97. The highest BCUT2D eigenvalue weighted by Crippen LogP contribution is 2.35. The average Bonchev–Trinajstić information content (AvgIpc) is 3.41. The molecule has 0 unspecified atom stereocenters. The van der Waals surface area contributed by atoms with Crippen LogP contribution in [-0.2, 0) is 10.0 Å². The van der Waals surface area contributed by atoms with E-state index in [1.807, 2.05) is 24.3 Å². The predicted molar refractivity (Wildman–Crippen MR) is 123 cm³/mol. The van der Waals surface area contributed by atoms with Crippen LogP contribution in [0.5, 0.6) is 5.75 Å². The third kappa shape index (κ3) is 3.13. The molecule has 5 aromatic rings. The predicted octanol–water partition coefficient (Wildman–Crippen LogP) is 5.33. The van der Waals surface area contributed by atoms with Gasteiger partial charge in [-0.2, -0.15) is 0 Å². The van der Waals surface area contributed by atoms with Crippen molar-refractivity contribution in [3.05, 3.63) is 95.5 Å². The van der Waals surface area contributed by atoms with Gasteiger partial charge in [0.05, 0.1) is 16.9 Å². The molecule has 5 rings (SSSR count). The second-order valence-electron chi connectivity index (χ2n) is 6.99. The van der Waals surface area contributed by atoms with Gasteiger partial charge in [-0.05, 0) is 41.8 Å². The Morgan fingerprint density at radius 1 is 0.871 bits per heavy atom. The first kappa shape index (κ1) is 19.5. The monoisotopic (exact) mass is 447 g/mol. The molecule has 154 valence electrons. The first-order valence-corrected chi connectivity index (χ1v) is 11.8. The van der Waals surface area contributed by atoms with E-state index in [2.05, 4.69) is 0 Å². The van der Waals surface area contributed by atoms with Crippen LogP contribution in [0.2, 0.25) is 0 Å². The van der Waals surface area contributed by atoms with Gasteiger partial charge >= 0.3 is 0 Å². The quantitative estimate of drug-likeness (QED) is 0.342. The smallest absolute Gasteiger partial charge is 0.268 e. The van der Waals surface area contributed by atoms with Crippen molar-refractivity contribution in [3.8, 4) is 5.75 Å². The van der Waals surface area contributed by atoms with Crippen LogP contribution in [0.4, 0.5) is 0 Å². The second kappa shape index (κ2) is 7.37. The van der Waals surface area contributed by atoms with Gasteiger partial charge in [-0.3, -0.25) is 4.79 Å². The van der Waals surface area contributed by atoms with E-state index < -0.39 is 10.0 Å². The first-order chi connectivity index (χ1) is 15.0. The lowest BCUT2D eigenvalue weighted by Crippen LogP contribution is -2.19. The Bertz CT molecular complexity index is 1510. The van der Waals surface area contributed by atoms with E-state index in [4.69, 9.17) is 4.74 Å². The molecule has 0 saturated carbocycles. The third-order valence-electron chi connectivity index (χ3n) is 5.13. The fourth-order valence-corrected chi connectivity index (χ4v) is 6.24. The van der Waals surface area contributed by atoms with Gasteiger partial charge in [0.25, 0.3) is 10.0 Å². The van der Waals surface area contributed by atoms with Crippen molar-refractivity contribution < 1.29 is 17.9 Å². The SMILES string of the molecule is COc1cccc2cc(C(=O)c3cc4ccccc4s3)n(S(=O)(=O)c3ccccc3)c12. The van der Waals surface area contributed by atoms with Crippen molar-refractivity contribution >= 4 is 48.1 Å². The highest BCUT2D eigenvalue weighted by molar-refractivity contribution is 7.90. The van der Waals surface area contributed by atoms with E-state index in [1.54, 1.807) is 48.5 Å². The summed E-state index contributed by atoms with van der Waals surface area (Å²) in [5.74, 6) is 0.0337. The van der Waals surface area contributed by atoms with Gasteiger partial charge < -0.3 is 4.74 Å². The summed E-state index contributed by atoms with van der Waals surface area (Å²) in [6.07, 6.45) is 0. The van der Waals surface area contributed by atoms with Crippen molar-refractivity contribution in [2.24, 2.45) is 0 Å². The molecule has 0 radical (unpaired) electrons. The molecule has 3 aromatic carbocycles. The number of hydrogen-bond donors (Lipinski definition) is 0. The number of ketones is 1. The number of para-hydroxylation sites is 1. The summed E-state index contributed by atoms with van der Waals surface area (Å²) in [6.45, 7) is 0. The average molecular weight is 448 g/mol. The van der Waals surface area contributed by atoms with Crippen molar-refractivity contribution in [2.75, 3.05) is 7.11 Å². The van der Waals surface area contributed by atoms with E-state index in [9.17, 15) is 13.2 Å². The molecule has 0 spiro atoms. The zero-order valence-electron chi connectivity index (χ0n) is 16.5. The normalized spacial score (nSPS) is 11.8.